The number of benzene rings is 1. The Kier molecular flexibility index (Phi) is 5.85. The fraction of sp³-hybridized carbons (Fsp3) is 0.259. The van der Waals surface area contributed by atoms with Crippen LogP contribution >= 0.6 is 22.9 Å². The van der Waals surface area contributed by atoms with Gasteiger partial charge in [0.25, 0.3) is 0 Å². The van der Waals surface area contributed by atoms with Crippen LogP contribution in [0.3, 0.4) is 0 Å². The Morgan fingerprint density at radius 2 is 2.00 bits per heavy atom. The number of carbonyl (C=O) groups excluding carboxylic acids is 1. The molecule has 36 heavy (non-hydrogen) atoms. The van der Waals surface area contributed by atoms with E-state index in [9.17, 15) is 4.79 Å². The summed E-state index contributed by atoms with van der Waals surface area (Å²) in [6.45, 7) is 1.93. The largest absolute Gasteiger partial charge is 0.382 e. The maximum Gasteiger partial charge on any atom is 0.227 e. The molecule has 182 valence electrons. The molecule has 1 saturated carbocycles. The minimum absolute atomic E-state index is 0.0234. The molecule has 0 radical (unpaired) electrons. The first-order valence-corrected chi connectivity index (χ1v) is 13.2. The molecule has 4 aromatic heterocycles. The number of hydrogen-bond donors (Lipinski definition) is 2. The smallest absolute Gasteiger partial charge is 0.227 e. The van der Waals surface area contributed by atoms with Gasteiger partial charge in [0.05, 0.1) is 26.5 Å². The molecule has 0 spiro atoms. The maximum absolute atomic E-state index is 12.9. The van der Waals surface area contributed by atoms with Crippen LogP contribution in [0.5, 0.6) is 0 Å². The number of thiophene rings is 1. The summed E-state index contributed by atoms with van der Waals surface area (Å²) in [6, 6.07) is 11.8. The highest BCUT2D eigenvalue weighted by Gasteiger charge is 2.31. The van der Waals surface area contributed by atoms with E-state index in [0.717, 1.165) is 74.1 Å². The molecule has 5 aromatic rings. The fourth-order valence-electron chi connectivity index (χ4n) is 5.09. The zero-order chi connectivity index (χ0) is 24.8. The van der Waals surface area contributed by atoms with Crippen molar-refractivity contribution in [1.82, 2.24) is 19.4 Å². The molecule has 9 heteroatoms. The average Bonchev–Trinajstić information content (AvgIpc) is 3.49. The van der Waals surface area contributed by atoms with Crippen molar-refractivity contribution in [2.24, 2.45) is 5.92 Å². The zero-order valence-corrected chi connectivity index (χ0v) is 21.3. The van der Waals surface area contributed by atoms with Gasteiger partial charge < -0.3 is 11.1 Å². The lowest BCUT2D eigenvalue weighted by Crippen LogP contribution is -2.27. The van der Waals surface area contributed by atoms with Crippen LogP contribution in [0.15, 0.2) is 55.0 Å². The van der Waals surface area contributed by atoms with Crippen LogP contribution in [-0.4, -0.2) is 25.3 Å². The number of amides is 1. The van der Waals surface area contributed by atoms with Crippen LogP contribution < -0.4 is 11.1 Å². The number of nitrogens with zero attached hydrogens (tertiary/aromatic N) is 4. The number of aromatic nitrogens is 4. The van der Waals surface area contributed by atoms with Crippen LogP contribution in [0.2, 0.25) is 5.02 Å². The van der Waals surface area contributed by atoms with Crippen molar-refractivity contribution in [3.05, 3.63) is 71.5 Å². The average molecular weight is 517 g/mol. The van der Waals surface area contributed by atoms with Gasteiger partial charge in [-0.2, -0.15) is 0 Å². The highest BCUT2D eigenvalue weighted by Crippen LogP contribution is 2.42. The zero-order valence-electron chi connectivity index (χ0n) is 19.7. The Labute approximate surface area is 217 Å². The second kappa shape index (κ2) is 9.19. The van der Waals surface area contributed by atoms with E-state index in [4.69, 9.17) is 22.3 Å². The molecule has 0 aliphatic heterocycles. The third-order valence-electron chi connectivity index (χ3n) is 6.98. The van der Waals surface area contributed by atoms with E-state index in [0.29, 0.717) is 5.82 Å². The summed E-state index contributed by atoms with van der Waals surface area (Å²) in [7, 11) is 0. The molecule has 4 heterocycles. The molecule has 1 aliphatic rings. The highest BCUT2D eigenvalue weighted by molar-refractivity contribution is 7.22. The van der Waals surface area contributed by atoms with Gasteiger partial charge in [-0.15, -0.1) is 11.3 Å². The molecule has 1 fully saturated rings. The molecule has 1 amide bonds. The molecule has 7 nitrogen and oxygen atoms in total. The van der Waals surface area contributed by atoms with Crippen molar-refractivity contribution in [2.75, 3.05) is 11.1 Å². The number of nitrogens with two attached hydrogens (primary N) is 1. The summed E-state index contributed by atoms with van der Waals surface area (Å²) in [6.07, 6.45) is 8.72. The normalized spacial score (nSPS) is 18.1. The molecular formula is C27H25ClN6OS. The number of imidazole rings is 1. The summed E-state index contributed by atoms with van der Waals surface area (Å²) < 4.78 is 3.11. The third-order valence-corrected chi connectivity index (χ3v) is 8.60. The maximum atomic E-state index is 12.9. The van der Waals surface area contributed by atoms with Crippen molar-refractivity contribution in [2.45, 2.75) is 38.5 Å². The lowest BCUT2D eigenvalue weighted by Gasteiger charge is -2.27. The number of fused-ring (bicyclic) bond motifs is 2. The lowest BCUT2D eigenvalue weighted by molar-refractivity contribution is -0.120. The van der Waals surface area contributed by atoms with Crippen LogP contribution in [0, 0.1) is 12.8 Å². The van der Waals surface area contributed by atoms with Gasteiger partial charge in [0, 0.05) is 29.9 Å². The fourth-order valence-corrected chi connectivity index (χ4v) is 6.44. The molecule has 0 bridgehead atoms. The van der Waals surface area contributed by atoms with Gasteiger partial charge >= 0.3 is 0 Å². The van der Waals surface area contributed by atoms with Crippen molar-refractivity contribution >= 4 is 56.0 Å². The predicted molar refractivity (Wildman–Crippen MR) is 146 cm³/mol. The quantitative estimate of drug-likeness (QED) is 0.285. The summed E-state index contributed by atoms with van der Waals surface area (Å²) in [5.74, 6) is 1.69. The Hall–Kier alpha value is -3.49. The molecule has 1 aromatic carbocycles. The number of aryl methyl sites for hydroxylation is 1. The van der Waals surface area contributed by atoms with E-state index in [1.807, 2.05) is 37.4 Å². The summed E-state index contributed by atoms with van der Waals surface area (Å²) in [4.78, 5) is 27.6. The van der Waals surface area contributed by atoms with Gasteiger partial charge in [0.2, 0.25) is 5.91 Å². The first kappa shape index (κ1) is 22.9. The topological polar surface area (TPSA) is 98.2 Å². The van der Waals surface area contributed by atoms with Gasteiger partial charge in [-0.25, -0.2) is 9.97 Å². The number of nitrogen functional groups attached to an aromatic ring is 1. The number of anilines is 2. The standard InChI is InChI=1S/C27H25ClN6OS/c1-15-5-10-19(14-31-15)32-27(35)17-8-6-16(7-9-17)26-33-22(23-25(29)30-11-12-34(23)26)21-13-18-3-2-4-20(28)24(18)36-21/h2-5,10-14,16-17H,6-9H2,1H3,(H2,29,30)(H,32,35). The second-order valence-electron chi connectivity index (χ2n) is 9.34. The van der Waals surface area contributed by atoms with E-state index < -0.39 is 0 Å². The molecule has 3 N–H and O–H groups in total. The van der Waals surface area contributed by atoms with Crippen molar-refractivity contribution < 1.29 is 4.79 Å². The first-order chi connectivity index (χ1) is 17.5. The molecule has 6 rings (SSSR count). The van der Waals surface area contributed by atoms with E-state index in [-0.39, 0.29) is 17.7 Å². The van der Waals surface area contributed by atoms with E-state index >= 15 is 0 Å². The summed E-state index contributed by atoms with van der Waals surface area (Å²) >= 11 is 8.06. The summed E-state index contributed by atoms with van der Waals surface area (Å²) in [5, 5.41) is 4.84. The van der Waals surface area contributed by atoms with E-state index in [1.54, 1.807) is 23.7 Å². The van der Waals surface area contributed by atoms with E-state index in [1.165, 1.54) is 0 Å². The molecule has 0 unspecified atom stereocenters. The molecule has 0 atom stereocenters. The number of nitrogens with one attached hydrogen (secondary N) is 1. The first-order valence-electron chi connectivity index (χ1n) is 12.0. The van der Waals surface area contributed by atoms with Gasteiger partial charge in [-0.05, 0) is 62.3 Å². The Morgan fingerprint density at radius 1 is 1.17 bits per heavy atom. The van der Waals surface area contributed by atoms with Crippen LogP contribution in [0.4, 0.5) is 11.5 Å². The predicted octanol–water partition coefficient (Wildman–Crippen LogP) is 6.46. The molecular weight excluding hydrogens is 492 g/mol. The Morgan fingerprint density at radius 3 is 2.75 bits per heavy atom. The number of halogens is 1. The van der Waals surface area contributed by atoms with Crippen LogP contribution in [0.1, 0.15) is 43.1 Å². The number of hydrogen-bond acceptors (Lipinski definition) is 6. The van der Waals surface area contributed by atoms with Gasteiger partial charge in [-0.1, -0.05) is 23.7 Å². The van der Waals surface area contributed by atoms with Crippen LogP contribution in [-0.2, 0) is 4.79 Å². The number of rotatable bonds is 4. The SMILES string of the molecule is Cc1ccc(NC(=O)C2CCC(c3nc(-c4cc5cccc(Cl)c5s4)c4c(N)nccn34)CC2)cn1. The van der Waals surface area contributed by atoms with Gasteiger partial charge in [0.15, 0.2) is 0 Å². The van der Waals surface area contributed by atoms with Gasteiger partial charge in [-0.3, -0.25) is 14.2 Å². The highest BCUT2D eigenvalue weighted by atomic mass is 35.5. The minimum Gasteiger partial charge on any atom is -0.382 e. The second-order valence-corrected chi connectivity index (χ2v) is 10.8. The third kappa shape index (κ3) is 4.10. The van der Waals surface area contributed by atoms with Crippen molar-refractivity contribution in [1.29, 1.82) is 0 Å². The minimum atomic E-state index is -0.0234. The van der Waals surface area contributed by atoms with Crippen molar-refractivity contribution in [3.63, 3.8) is 0 Å². The number of pyridine rings is 1. The Balaban J connectivity index is 1.27. The molecule has 0 saturated heterocycles. The van der Waals surface area contributed by atoms with E-state index in [2.05, 4.69) is 31.8 Å². The van der Waals surface area contributed by atoms with Crippen LogP contribution in [0.25, 0.3) is 26.2 Å². The number of carbonyl (C=O) groups is 1. The Bertz CT molecular complexity index is 1580. The summed E-state index contributed by atoms with van der Waals surface area (Å²) in [5.41, 5.74) is 9.67. The lowest BCUT2D eigenvalue weighted by atomic mass is 9.81. The monoisotopic (exact) mass is 516 g/mol. The molecule has 1 aliphatic carbocycles. The van der Waals surface area contributed by atoms with Crippen molar-refractivity contribution in [3.8, 4) is 10.6 Å². The van der Waals surface area contributed by atoms with Gasteiger partial charge in [0.1, 0.15) is 22.9 Å².